The third-order valence-corrected chi connectivity index (χ3v) is 1.27. The molecule has 0 fully saturated rings. The molecule has 0 saturated carbocycles. The number of hydrogen-bond donors (Lipinski definition) is 2. The van der Waals surface area contributed by atoms with Crippen molar-refractivity contribution in [2.45, 2.75) is 32.5 Å². The molecular weight excluding hydrogens is 180 g/mol. The molecule has 0 heterocycles. The number of hydrogen-bond acceptors (Lipinski definition) is 4. The van der Waals surface area contributed by atoms with E-state index in [0.29, 0.717) is 0 Å². The minimum absolute atomic E-state index is 0.207. The molecule has 2 atom stereocenters. The van der Waals surface area contributed by atoms with Crippen molar-refractivity contribution in [3.63, 3.8) is 0 Å². The lowest BCUT2D eigenvalue weighted by molar-refractivity contribution is 0.0158. The van der Waals surface area contributed by atoms with Crippen molar-refractivity contribution in [2.75, 3.05) is 0 Å². The molecule has 0 aromatic carbocycles. The van der Waals surface area contributed by atoms with Crippen LogP contribution in [0.3, 0.4) is 0 Å². The summed E-state index contributed by atoms with van der Waals surface area (Å²) in [6.07, 6.45) is -3.71. The maximum atomic E-state index is 10.0. The normalized spacial score (nSPS) is 14.3. The summed E-state index contributed by atoms with van der Waals surface area (Å²) in [7, 11) is 0. The van der Waals surface area contributed by atoms with Gasteiger partial charge in [-0.05, 0) is 13.8 Å². The Bertz CT molecular complexity index is 169. The zero-order valence-electron chi connectivity index (χ0n) is 7.39. The highest BCUT2D eigenvalue weighted by Gasteiger charge is 2.14. The molecule has 0 radical (unpaired) electrons. The summed E-state index contributed by atoms with van der Waals surface area (Å²) in [6, 6.07) is 0. The van der Waals surface area contributed by atoms with Crippen molar-refractivity contribution in [1.82, 2.24) is 0 Å². The van der Waals surface area contributed by atoms with Crippen LogP contribution >= 0.6 is 0 Å². The summed E-state index contributed by atoms with van der Waals surface area (Å²) < 4.78 is 8.69. The third-order valence-electron chi connectivity index (χ3n) is 1.27. The van der Waals surface area contributed by atoms with E-state index in [1.807, 2.05) is 0 Å². The van der Waals surface area contributed by atoms with E-state index in [1.165, 1.54) is 13.8 Å². The predicted octanol–water partition coefficient (Wildman–Crippen LogP) is 1.54. The summed E-state index contributed by atoms with van der Waals surface area (Å²) in [6.45, 7) is 3.05. The zero-order chi connectivity index (χ0) is 10.4. The molecule has 76 valence electrons. The number of ether oxygens (including phenoxy) is 2. The molecule has 0 bridgehead atoms. The lowest BCUT2D eigenvalue weighted by Crippen LogP contribution is -2.22. The van der Waals surface area contributed by atoms with Gasteiger partial charge in [0, 0.05) is 6.42 Å². The molecule has 2 unspecified atom stereocenters. The molecule has 0 spiro atoms. The summed E-state index contributed by atoms with van der Waals surface area (Å²) >= 11 is 0. The van der Waals surface area contributed by atoms with Crippen LogP contribution in [0.4, 0.5) is 9.59 Å². The molecule has 0 rings (SSSR count). The second-order valence-electron chi connectivity index (χ2n) is 2.62. The highest BCUT2D eigenvalue weighted by Crippen LogP contribution is 2.05. The van der Waals surface area contributed by atoms with Crippen LogP contribution in [0.25, 0.3) is 0 Å². The standard InChI is InChI=1S/C7H12O6/c1-4(12-6(8)9)3-5(2)13-7(10)11/h4-5H,3H2,1-2H3,(H,8,9)(H,10,11). The fourth-order valence-corrected chi connectivity index (χ4v) is 0.908. The maximum Gasteiger partial charge on any atom is 0.506 e. The fourth-order valence-electron chi connectivity index (χ4n) is 0.908. The van der Waals surface area contributed by atoms with E-state index in [-0.39, 0.29) is 6.42 Å². The van der Waals surface area contributed by atoms with Gasteiger partial charge in [0.25, 0.3) is 0 Å². The molecule has 0 amide bonds. The highest BCUT2D eigenvalue weighted by atomic mass is 16.7. The summed E-state index contributed by atoms with van der Waals surface area (Å²) in [5.74, 6) is 0. The Kier molecular flexibility index (Phi) is 4.64. The van der Waals surface area contributed by atoms with Gasteiger partial charge in [-0.3, -0.25) is 0 Å². The highest BCUT2D eigenvalue weighted by molar-refractivity contribution is 5.57. The van der Waals surface area contributed by atoms with Crippen molar-refractivity contribution >= 4 is 12.3 Å². The topological polar surface area (TPSA) is 93.1 Å². The minimum atomic E-state index is -1.38. The number of carboxylic acid groups (broad SMARTS) is 2. The van der Waals surface area contributed by atoms with Crippen LogP contribution in [0.15, 0.2) is 0 Å². The van der Waals surface area contributed by atoms with Gasteiger partial charge in [-0.15, -0.1) is 0 Å². The third kappa shape index (κ3) is 6.92. The maximum absolute atomic E-state index is 10.0. The van der Waals surface area contributed by atoms with Gasteiger partial charge in [0.2, 0.25) is 0 Å². The Balaban J connectivity index is 3.70. The van der Waals surface area contributed by atoms with E-state index in [9.17, 15) is 9.59 Å². The van der Waals surface area contributed by atoms with Gasteiger partial charge in [-0.2, -0.15) is 0 Å². The quantitative estimate of drug-likeness (QED) is 0.656. The van der Waals surface area contributed by atoms with Crippen molar-refractivity contribution in [3.8, 4) is 0 Å². The first kappa shape index (κ1) is 11.5. The van der Waals surface area contributed by atoms with E-state index < -0.39 is 24.5 Å². The van der Waals surface area contributed by atoms with Gasteiger partial charge in [-0.1, -0.05) is 0 Å². The van der Waals surface area contributed by atoms with Gasteiger partial charge in [0.05, 0.1) is 0 Å². The molecule has 0 aliphatic rings. The van der Waals surface area contributed by atoms with Crippen molar-refractivity contribution in [2.24, 2.45) is 0 Å². The van der Waals surface area contributed by atoms with E-state index in [0.717, 1.165) is 0 Å². The van der Waals surface area contributed by atoms with Crippen LogP contribution in [0.2, 0.25) is 0 Å². The molecule has 2 N–H and O–H groups in total. The van der Waals surface area contributed by atoms with Crippen LogP contribution in [-0.4, -0.2) is 34.7 Å². The van der Waals surface area contributed by atoms with Crippen molar-refractivity contribution in [1.29, 1.82) is 0 Å². The molecule has 6 heteroatoms. The Hall–Kier alpha value is -1.46. The van der Waals surface area contributed by atoms with Gasteiger partial charge in [0.1, 0.15) is 12.2 Å². The molecular formula is C7H12O6. The lowest BCUT2D eigenvalue weighted by Gasteiger charge is -2.15. The van der Waals surface area contributed by atoms with Gasteiger partial charge in [-0.25, -0.2) is 9.59 Å². The first-order valence-electron chi connectivity index (χ1n) is 3.71. The van der Waals surface area contributed by atoms with Crippen LogP contribution in [-0.2, 0) is 9.47 Å². The first-order valence-corrected chi connectivity index (χ1v) is 3.71. The van der Waals surface area contributed by atoms with E-state index >= 15 is 0 Å². The lowest BCUT2D eigenvalue weighted by atomic mass is 10.2. The average Bonchev–Trinajstić information content (AvgIpc) is 1.80. The van der Waals surface area contributed by atoms with Gasteiger partial charge < -0.3 is 19.7 Å². The second kappa shape index (κ2) is 5.23. The summed E-state index contributed by atoms with van der Waals surface area (Å²) in [4.78, 5) is 20.1. The predicted molar refractivity (Wildman–Crippen MR) is 41.8 cm³/mol. The number of carbonyl (C=O) groups is 2. The van der Waals surface area contributed by atoms with Crippen LogP contribution in [0, 0.1) is 0 Å². The Morgan fingerprint density at radius 3 is 1.62 bits per heavy atom. The van der Waals surface area contributed by atoms with Crippen molar-refractivity contribution < 1.29 is 29.3 Å². The van der Waals surface area contributed by atoms with Gasteiger partial charge >= 0.3 is 12.3 Å². The van der Waals surface area contributed by atoms with Crippen LogP contribution in [0.5, 0.6) is 0 Å². The average molecular weight is 192 g/mol. The number of rotatable bonds is 4. The largest absolute Gasteiger partial charge is 0.506 e. The Morgan fingerprint density at radius 1 is 1.08 bits per heavy atom. The van der Waals surface area contributed by atoms with E-state index in [4.69, 9.17) is 10.2 Å². The molecule has 0 aromatic rings. The summed E-state index contributed by atoms with van der Waals surface area (Å²) in [5, 5.41) is 16.4. The van der Waals surface area contributed by atoms with Crippen LogP contribution < -0.4 is 0 Å². The second-order valence-corrected chi connectivity index (χ2v) is 2.62. The smallest absolute Gasteiger partial charge is 0.450 e. The van der Waals surface area contributed by atoms with E-state index in [2.05, 4.69) is 9.47 Å². The minimum Gasteiger partial charge on any atom is -0.450 e. The van der Waals surface area contributed by atoms with Gasteiger partial charge in [0.15, 0.2) is 0 Å². The van der Waals surface area contributed by atoms with Crippen molar-refractivity contribution in [3.05, 3.63) is 0 Å². The Labute approximate surface area is 75.1 Å². The molecule has 0 aromatic heterocycles. The molecule has 6 nitrogen and oxygen atoms in total. The van der Waals surface area contributed by atoms with Crippen LogP contribution in [0.1, 0.15) is 20.3 Å². The zero-order valence-corrected chi connectivity index (χ0v) is 7.39. The first-order chi connectivity index (χ1) is 5.91. The molecule has 13 heavy (non-hydrogen) atoms. The SMILES string of the molecule is CC(CC(C)OC(=O)O)OC(=O)O. The molecule has 0 saturated heterocycles. The molecule has 0 aliphatic carbocycles. The Morgan fingerprint density at radius 2 is 1.38 bits per heavy atom. The monoisotopic (exact) mass is 192 g/mol. The summed E-state index contributed by atoms with van der Waals surface area (Å²) in [5.41, 5.74) is 0. The molecule has 0 aliphatic heterocycles. The fraction of sp³-hybridized carbons (Fsp3) is 0.714. The van der Waals surface area contributed by atoms with E-state index in [1.54, 1.807) is 0 Å².